The number of rotatable bonds is 3. The normalized spacial score (nSPS) is 25.8. The predicted octanol–water partition coefficient (Wildman–Crippen LogP) is 2.59. The third-order valence-corrected chi connectivity index (χ3v) is 4.67. The maximum absolute atomic E-state index is 12.5. The summed E-state index contributed by atoms with van der Waals surface area (Å²) in [5.74, 6) is -0.865. The van der Waals surface area contributed by atoms with E-state index in [1.165, 1.54) is 0 Å². The molecule has 0 aromatic heterocycles. The van der Waals surface area contributed by atoms with E-state index in [-0.39, 0.29) is 11.8 Å². The Morgan fingerprint density at radius 1 is 1.21 bits per heavy atom. The van der Waals surface area contributed by atoms with Gasteiger partial charge in [0, 0.05) is 13.0 Å². The summed E-state index contributed by atoms with van der Waals surface area (Å²) in [4.78, 5) is 25.8. The van der Waals surface area contributed by atoms with E-state index < -0.39 is 11.5 Å². The van der Waals surface area contributed by atoms with E-state index in [1.807, 2.05) is 6.08 Å². The van der Waals surface area contributed by atoms with E-state index in [4.69, 9.17) is 0 Å². The molecule has 1 unspecified atom stereocenters. The molecule has 0 aromatic rings. The minimum absolute atomic E-state index is 0.00801. The number of carbonyl (C=O) groups is 2. The SMILES string of the molecule is CN(C(=O)C1CC=CCC1)C1(C(=O)O)CCCCC1. The highest BCUT2D eigenvalue weighted by Gasteiger charge is 2.46. The lowest BCUT2D eigenvalue weighted by molar-refractivity contribution is -0.162. The van der Waals surface area contributed by atoms with E-state index in [1.54, 1.807) is 11.9 Å². The predicted molar refractivity (Wildman–Crippen MR) is 72.7 cm³/mol. The first-order valence-electron chi connectivity index (χ1n) is 7.24. The molecule has 1 atom stereocenters. The second kappa shape index (κ2) is 5.76. The second-order valence-electron chi connectivity index (χ2n) is 5.78. The van der Waals surface area contributed by atoms with Crippen LogP contribution in [-0.2, 0) is 9.59 Å². The van der Waals surface area contributed by atoms with Crippen LogP contribution in [-0.4, -0.2) is 34.5 Å². The molecule has 19 heavy (non-hydrogen) atoms. The summed E-state index contributed by atoms with van der Waals surface area (Å²) in [6.45, 7) is 0. The Morgan fingerprint density at radius 2 is 1.89 bits per heavy atom. The Balaban J connectivity index is 2.14. The van der Waals surface area contributed by atoms with Crippen molar-refractivity contribution in [2.75, 3.05) is 7.05 Å². The summed E-state index contributed by atoms with van der Waals surface area (Å²) in [7, 11) is 1.68. The van der Waals surface area contributed by atoms with Crippen LogP contribution in [0.2, 0.25) is 0 Å². The second-order valence-corrected chi connectivity index (χ2v) is 5.78. The van der Waals surface area contributed by atoms with Crippen LogP contribution < -0.4 is 0 Å². The van der Waals surface area contributed by atoms with E-state index >= 15 is 0 Å². The summed E-state index contributed by atoms with van der Waals surface area (Å²) in [6, 6.07) is 0. The first kappa shape index (κ1) is 14.1. The first-order chi connectivity index (χ1) is 9.08. The van der Waals surface area contributed by atoms with Gasteiger partial charge in [-0.1, -0.05) is 31.4 Å². The minimum atomic E-state index is -0.962. The molecular weight excluding hydrogens is 242 g/mol. The smallest absolute Gasteiger partial charge is 0.329 e. The summed E-state index contributed by atoms with van der Waals surface area (Å²) >= 11 is 0. The van der Waals surface area contributed by atoms with Crippen molar-refractivity contribution in [3.05, 3.63) is 12.2 Å². The largest absolute Gasteiger partial charge is 0.479 e. The lowest BCUT2D eigenvalue weighted by atomic mass is 9.79. The van der Waals surface area contributed by atoms with Gasteiger partial charge in [-0.2, -0.15) is 0 Å². The van der Waals surface area contributed by atoms with Crippen LogP contribution >= 0.6 is 0 Å². The highest BCUT2D eigenvalue weighted by atomic mass is 16.4. The van der Waals surface area contributed by atoms with Gasteiger partial charge in [-0.15, -0.1) is 0 Å². The fraction of sp³-hybridized carbons (Fsp3) is 0.733. The van der Waals surface area contributed by atoms with Crippen LogP contribution in [0.4, 0.5) is 0 Å². The van der Waals surface area contributed by atoms with Gasteiger partial charge in [-0.25, -0.2) is 4.79 Å². The first-order valence-corrected chi connectivity index (χ1v) is 7.24. The van der Waals surface area contributed by atoms with Crippen LogP contribution in [0.5, 0.6) is 0 Å². The molecule has 0 radical (unpaired) electrons. The fourth-order valence-electron chi connectivity index (χ4n) is 3.33. The summed E-state index contributed by atoms with van der Waals surface area (Å²) in [5.41, 5.74) is -0.962. The van der Waals surface area contributed by atoms with Crippen molar-refractivity contribution in [3.8, 4) is 0 Å². The van der Waals surface area contributed by atoms with E-state index in [9.17, 15) is 14.7 Å². The molecule has 0 aliphatic heterocycles. The van der Waals surface area contributed by atoms with Crippen molar-refractivity contribution < 1.29 is 14.7 Å². The fourth-order valence-corrected chi connectivity index (χ4v) is 3.33. The molecule has 1 amide bonds. The van der Waals surface area contributed by atoms with Crippen LogP contribution in [0.15, 0.2) is 12.2 Å². The third-order valence-electron chi connectivity index (χ3n) is 4.67. The average molecular weight is 265 g/mol. The number of allylic oxidation sites excluding steroid dienone is 2. The average Bonchev–Trinajstić information content (AvgIpc) is 2.47. The molecule has 1 saturated carbocycles. The number of hydrogen-bond acceptors (Lipinski definition) is 2. The van der Waals surface area contributed by atoms with Crippen molar-refractivity contribution in [2.45, 2.75) is 56.9 Å². The number of likely N-dealkylation sites (N-methyl/N-ethyl adjacent to an activating group) is 1. The lowest BCUT2D eigenvalue weighted by Crippen LogP contribution is -2.57. The van der Waals surface area contributed by atoms with Gasteiger partial charge in [0.05, 0.1) is 0 Å². The van der Waals surface area contributed by atoms with Gasteiger partial charge >= 0.3 is 5.97 Å². The quantitative estimate of drug-likeness (QED) is 0.798. The topological polar surface area (TPSA) is 57.6 Å². The summed E-state index contributed by atoms with van der Waals surface area (Å²) in [5, 5.41) is 9.60. The molecule has 2 aliphatic rings. The molecule has 0 saturated heterocycles. The standard InChI is InChI=1S/C15H23NO3/c1-16(13(17)12-8-4-2-5-9-12)15(14(18)19)10-6-3-7-11-15/h2,4,12H,3,5-11H2,1H3,(H,18,19). The molecule has 0 bridgehead atoms. The highest BCUT2D eigenvalue weighted by molar-refractivity contribution is 5.88. The van der Waals surface area contributed by atoms with Gasteiger partial charge in [0.25, 0.3) is 0 Å². The Labute approximate surface area is 114 Å². The molecular formula is C15H23NO3. The lowest BCUT2D eigenvalue weighted by Gasteiger charge is -2.42. The van der Waals surface area contributed by atoms with Gasteiger partial charge in [0.1, 0.15) is 5.54 Å². The zero-order valence-electron chi connectivity index (χ0n) is 11.6. The number of nitrogens with zero attached hydrogens (tertiary/aromatic N) is 1. The van der Waals surface area contributed by atoms with E-state index in [2.05, 4.69) is 6.08 Å². The van der Waals surface area contributed by atoms with Crippen LogP contribution in [0.3, 0.4) is 0 Å². The van der Waals surface area contributed by atoms with Crippen molar-refractivity contribution in [3.63, 3.8) is 0 Å². The van der Waals surface area contributed by atoms with Crippen molar-refractivity contribution >= 4 is 11.9 Å². The molecule has 1 N–H and O–H groups in total. The Kier molecular flexibility index (Phi) is 4.27. The Morgan fingerprint density at radius 3 is 2.42 bits per heavy atom. The van der Waals surface area contributed by atoms with Gasteiger partial charge in [-0.3, -0.25) is 4.79 Å². The zero-order chi connectivity index (χ0) is 13.9. The van der Waals surface area contributed by atoms with Crippen LogP contribution in [0.25, 0.3) is 0 Å². The Bertz CT molecular complexity index is 383. The monoisotopic (exact) mass is 265 g/mol. The molecule has 106 valence electrons. The number of carbonyl (C=O) groups excluding carboxylic acids is 1. The summed E-state index contributed by atoms with van der Waals surface area (Å²) < 4.78 is 0. The number of carboxylic acids is 1. The highest BCUT2D eigenvalue weighted by Crippen LogP contribution is 2.35. The number of aliphatic carboxylic acids is 1. The van der Waals surface area contributed by atoms with E-state index in [0.29, 0.717) is 12.8 Å². The molecule has 0 spiro atoms. The number of amides is 1. The van der Waals surface area contributed by atoms with Gasteiger partial charge in [0.2, 0.25) is 5.91 Å². The van der Waals surface area contributed by atoms with Gasteiger partial charge in [0.15, 0.2) is 0 Å². The zero-order valence-corrected chi connectivity index (χ0v) is 11.6. The molecule has 0 heterocycles. The minimum Gasteiger partial charge on any atom is -0.479 e. The molecule has 4 nitrogen and oxygen atoms in total. The molecule has 4 heteroatoms. The van der Waals surface area contributed by atoms with E-state index in [0.717, 1.165) is 38.5 Å². The maximum atomic E-state index is 12.5. The summed E-state index contributed by atoms with van der Waals surface area (Å²) in [6.07, 6.45) is 10.7. The van der Waals surface area contributed by atoms with Crippen molar-refractivity contribution in [1.29, 1.82) is 0 Å². The number of hydrogen-bond donors (Lipinski definition) is 1. The molecule has 2 aliphatic carbocycles. The van der Waals surface area contributed by atoms with Gasteiger partial charge < -0.3 is 10.0 Å². The Hall–Kier alpha value is -1.32. The molecule has 1 fully saturated rings. The van der Waals surface area contributed by atoms with Crippen molar-refractivity contribution in [2.24, 2.45) is 5.92 Å². The third kappa shape index (κ3) is 2.67. The van der Waals surface area contributed by atoms with Crippen molar-refractivity contribution in [1.82, 2.24) is 4.90 Å². The number of carboxylic acid groups (broad SMARTS) is 1. The molecule has 2 rings (SSSR count). The van der Waals surface area contributed by atoms with Gasteiger partial charge in [-0.05, 0) is 32.1 Å². The van der Waals surface area contributed by atoms with Crippen LogP contribution in [0, 0.1) is 5.92 Å². The molecule has 0 aromatic carbocycles. The van der Waals surface area contributed by atoms with Crippen LogP contribution in [0.1, 0.15) is 51.4 Å². The maximum Gasteiger partial charge on any atom is 0.329 e.